The van der Waals surface area contributed by atoms with Crippen molar-refractivity contribution in [2.24, 2.45) is 11.8 Å². The van der Waals surface area contributed by atoms with Gasteiger partial charge in [-0.05, 0) is 24.7 Å². The molecular weight excluding hydrogens is 260 g/mol. The van der Waals surface area contributed by atoms with Crippen LogP contribution in [0, 0.1) is 35.4 Å². The van der Waals surface area contributed by atoms with Crippen molar-refractivity contribution in [2.45, 2.75) is 32.6 Å². The summed E-state index contributed by atoms with van der Waals surface area (Å²) in [7, 11) is 0. The van der Waals surface area contributed by atoms with Crippen molar-refractivity contribution in [2.75, 3.05) is 11.9 Å². The Labute approximate surface area is 109 Å². The second kappa shape index (κ2) is 5.75. The Bertz CT molecular complexity index is 438. The largest absolute Gasteiger partial charge is 0.380 e. The van der Waals surface area contributed by atoms with E-state index in [1.165, 1.54) is 0 Å². The Morgan fingerprint density at radius 1 is 1.11 bits per heavy atom. The maximum Gasteiger partial charge on any atom is 0.253 e. The van der Waals surface area contributed by atoms with Crippen LogP contribution in [0.5, 0.6) is 0 Å². The lowest BCUT2D eigenvalue weighted by Crippen LogP contribution is -2.22. The molecule has 106 valence electrons. The third-order valence-corrected chi connectivity index (χ3v) is 3.61. The summed E-state index contributed by atoms with van der Waals surface area (Å²) in [4.78, 5) is 2.52. The molecule has 2 unspecified atom stereocenters. The number of halogens is 4. The van der Waals surface area contributed by atoms with E-state index in [9.17, 15) is 17.6 Å². The highest BCUT2D eigenvalue weighted by atomic mass is 19.2. The van der Waals surface area contributed by atoms with Crippen LogP contribution in [-0.2, 0) is 0 Å². The summed E-state index contributed by atoms with van der Waals surface area (Å²) in [6, 6.07) is 0. The van der Waals surface area contributed by atoms with Gasteiger partial charge in [-0.2, -0.15) is 22.5 Å². The molecule has 0 bridgehead atoms. The average molecular weight is 276 g/mol. The van der Waals surface area contributed by atoms with Crippen LogP contribution in [0.2, 0.25) is 0 Å². The highest BCUT2D eigenvalue weighted by molar-refractivity contribution is 5.45. The Balaban J connectivity index is 2.07. The van der Waals surface area contributed by atoms with Crippen LogP contribution in [0.15, 0.2) is 0 Å². The van der Waals surface area contributed by atoms with Crippen molar-refractivity contribution < 1.29 is 17.6 Å². The number of aromatic nitrogens is 1. The van der Waals surface area contributed by atoms with E-state index >= 15 is 0 Å². The van der Waals surface area contributed by atoms with E-state index in [2.05, 4.69) is 17.2 Å². The molecule has 2 rings (SSSR count). The smallest absolute Gasteiger partial charge is 0.253 e. The number of pyridine rings is 1. The van der Waals surface area contributed by atoms with Crippen LogP contribution >= 0.6 is 0 Å². The molecule has 0 aliphatic heterocycles. The lowest BCUT2D eigenvalue weighted by molar-refractivity contribution is 0.293. The maximum atomic E-state index is 13.4. The Kier molecular flexibility index (Phi) is 4.27. The van der Waals surface area contributed by atoms with Crippen molar-refractivity contribution >= 4 is 5.69 Å². The van der Waals surface area contributed by atoms with Crippen molar-refractivity contribution in [3.8, 4) is 0 Å². The van der Waals surface area contributed by atoms with Gasteiger partial charge in [0, 0.05) is 6.54 Å². The number of anilines is 1. The zero-order valence-electron chi connectivity index (χ0n) is 10.6. The minimum Gasteiger partial charge on any atom is -0.380 e. The van der Waals surface area contributed by atoms with Gasteiger partial charge < -0.3 is 5.32 Å². The third kappa shape index (κ3) is 3.16. The van der Waals surface area contributed by atoms with Crippen molar-refractivity contribution in [1.82, 2.24) is 4.98 Å². The van der Waals surface area contributed by atoms with Gasteiger partial charge >= 0.3 is 0 Å². The first-order chi connectivity index (χ1) is 8.99. The van der Waals surface area contributed by atoms with Crippen molar-refractivity contribution in [3.63, 3.8) is 0 Å². The quantitative estimate of drug-likeness (QED) is 0.669. The summed E-state index contributed by atoms with van der Waals surface area (Å²) in [6.07, 6.45) is 4.12. The predicted octanol–water partition coefficient (Wildman–Crippen LogP) is 3.88. The number of hydrogen-bond donors (Lipinski definition) is 1. The fourth-order valence-corrected chi connectivity index (χ4v) is 2.63. The summed E-state index contributed by atoms with van der Waals surface area (Å²) in [5, 5.41) is 2.48. The Morgan fingerprint density at radius 3 is 2.32 bits per heavy atom. The molecular formula is C13H16F4N2. The first kappa shape index (κ1) is 14.1. The number of nitrogens with zero attached hydrogens (tertiary/aromatic N) is 1. The highest BCUT2D eigenvalue weighted by Gasteiger charge is 2.23. The van der Waals surface area contributed by atoms with Crippen LogP contribution in [0.3, 0.4) is 0 Å². The second-order valence-corrected chi connectivity index (χ2v) is 5.22. The SMILES string of the molecule is CC1CCCC(CNc2c(F)c(F)nc(F)c2F)C1. The number of hydrogen-bond acceptors (Lipinski definition) is 2. The number of nitrogens with one attached hydrogen (secondary N) is 1. The van der Waals surface area contributed by atoms with Crippen LogP contribution < -0.4 is 5.32 Å². The molecule has 19 heavy (non-hydrogen) atoms. The van der Waals surface area contributed by atoms with Gasteiger partial charge in [0.2, 0.25) is 11.6 Å². The molecule has 0 spiro atoms. The molecule has 1 saturated carbocycles. The van der Waals surface area contributed by atoms with E-state index < -0.39 is 29.2 Å². The molecule has 1 fully saturated rings. The van der Waals surface area contributed by atoms with Crippen molar-refractivity contribution in [1.29, 1.82) is 0 Å². The van der Waals surface area contributed by atoms with Crippen LogP contribution in [0.25, 0.3) is 0 Å². The minimum absolute atomic E-state index is 0.266. The molecule has 0 amide bonds. The van der Waals surface area contributed by atoms with E-state index in [0.717, 1.165) is 25.7 Å². The van der Waals surface area contributed by atoms with Gasteiger partial charge in [0.15, 0.2) is 0 Å². The summed E-state index contributed by atoms with van der Waals surface area (Å²) in [6.45, 7) is 2.43. The summed E-state index contributed by atoms with van der Waals surface area (Å²) < 4.78 is 52.6. The van der Waals surface area contributed by atoms with Crippen LogP contribution in [0.1, 0.15) is 32.6 Å². The van der Waals surface area contributed by atoms with Gasteiger partial charge in [0.1, 0.15) is 5.69 Å². The van der Waals surface area contributed by atoms with Crippen LogP contribution in [0.4, 0.5) is 23.2 Å². The molecule has 1 heterocycles. The molecule has 1 aromatic rings. The molecule has 2 nitrogen and oxygen atoms in total. The lowest BCUT2D eigenvalue weighted by Gasteiger charge is -2.27. The summed E-state index contributed by atoms with van der Waals surface area (Å²) >= 11 is 0. The predicted molar refractivity (Wildman–Crippen MR) is 63.7 cm³/mol. The van der Waals surface area contributed by atoms with Gasteiger partial charge in [0.25, 0.3) is 11.9 Å². The normalized spacial score (nSPS) is 23.4. The summed E-state index contributed by atoms with van der Waals surface area (Å²) in [5.74, 6) is -5.36. The second-order valence-electron chi connectivity index (χ2n) is 5.22. The zero-order chi connectivity index (χ0) is 14.0. The summed E-state index contributed by atoms with van der Waals surface area (Å²) in [5.41, 5.74) is -0.761. The molecule has 0 radical (unpaired) electrons. The first-order valence-electron chi connectivity index (χ1n) is 6.43. The Hall–Kier alpha value is -1.33. The average Bonchev–Trinajstić information content (AvgIpc) is 2.36. The molecule has 0 saturated heterocycles. The van der Waals surface area contributed by atoms with E-state index in [0.29, 0.717) is 12.5 Å². The third-order valence-electron chi connectivity index (χ3n) is 3.61. The topological polar surface area (TPSA) is 24.9 Å². The van der Waals surface area contributed by atoms with Gasteiger partial charge in [-0.3, -0.25) is 0 Å². The van der Waals surface area contributed by atoms with Crippen LogP contribution in [-0.4, -0.2) is 11.5 Å². The van der Waals surface area contributed by atoms with E-state index in [1.807, 2.05) is 0 Å². The fourth-order valence-electron chi connectivity index (χ4n) is 2.63. The molecule has 1 aliphatic carbocycles. The Morgan fingerprint density at radius 2 is 1.74 bits per heavy atom. The standard InChI is InChI=1S/C13H16F4N2/c1-7-3-2-4-8(5-7)6-18-11-9(14)12(16)19-13(17)10(11)15/h7-8H,2-6H2,1H3,(H,18,19). The first-order valence-corrected chi connectivity index (χ1v) is 6.43. The number of rotatable bonds is 3. The van der Waals surface area contributed by atoms with E-state index in [4.69, 9.17) is 0 Å². The van der Waals surface area contributed by atoms with Gasteiger partial charge in [-0.25, -0.2) is 0 Å². The monoisotopic (exact) mass is 276 g/mol. The fraction of sp³-hybridized carbons (Fsp3) is 0.615. The van der Waals surface area contributed by atoms with Gasteiger partial charge in [-0.1, -0.05) is 19.8 Å². The van der Waals surface area contributed by atoms with Gasteiger partial charge in [-0.15, -0.1) is 0 Å². The highest BCUT2D eigenvalue weighted by Crippen LogP contribution is 2.29. The lowest BCUT2D eigenvalue weighted by atomic mass is 9.82. The molecule has 1 aromatic heterocycles. The minimum atomic E-state index is -1.63. The molecule has 0 aromatic carbocycles. The molecule has 2 atom stereocenters. The molecule has 1 aliphatic rings. The van der Waals surface area contributed by atoms with E-state index in [-0.39, 0.29) is 5.92 Å². The zero-order valence-corrected chi connectivity index (χ0v) is 10.6. The maximum absolute atomic E-state index is 13.4. The molecule has 1 N–H and O–H groups in total. The van der Waals surface area contributed by atoms with Gasteiger partial charge in [0.05, 0.1) is 0 Å². The van der Waals surface area contributed by atoms with E-state index in [1.54, 1.807) is 0 Å². The van der Waals surface area contributed by atoms with Crippen molar-refractivity contribution in [3.05, 3.63) is 23.5 Å². The molecule has 6 heteroatoms.